The molecule has 164 valence electrons. The maximum absolute atomic E-state index is 13.3. The van der Waals surface area contributed by atoms with Crippen molar-refractivity contribution in [3.8, 4) is 6.07 Å². The van der Waals surface area contributed by atoms with E-state index >= 15 is 0 Å². The number of aryl methyl sites for hydroxylation is 2. The number of rotatable bonds is 5. The van der Waals surface area contributed by atoms with E-state index in [1.54, 1.807) is 12.1 Å². The Bertz CT molecular complexity index is 1200. The third-order valence-corrected chi connectivity index (χ3v) is 7.01. The van der Waals surface area contributed by atoms with E-state index in [1.165, 1.54) is 23.5 Å². The number of nitrogens with zero attached hydrogens (tertiary/aromatic N) is 1. The number of amides is 1. The Morgan fingerprint density at radius 3 is 2.22 bits per heavy atom. The van der Waals surface area contributed by atoms with Crippen LogP contribution in [0, 0.1) is 25.2 Å². The zero-order valence-corrected chi connectivity index (χ0v) is 18.5. The van der Waals surface area contributed by atoms with Crippen LogP contribution in [-0.2, 0) is 18.1 Å². The van der Waals surface area contributed by atoms with Crippen LogP contribution in [0.25, 0.3) is 0 Å². The van der Waals surface area contributed by atoms with Gasteiger partial charge >= 0.3 is 6.18 Å². The topological polar surface area (TPSA) is 52.9 Å². The van der Waals surface area contributed by atoms with Crippen LogP contribution >= 0.6 is 11.3 Å². The van der Waals surface area contributed by atoms with Crippen LogP contribution in [-0.4, -0.2) is 5.91 Å². The Balaban J connectivity index is 1.58. The molecule has 0 unspecified atom stereocenters. The van der Waals surface area contributed by atoms with Gasteiger partial charge in [-0.25, -0.2) is 0 Å². The smallest absolute Gasteiger partial charge is 0.342 e. The zero-order valence-electron chi connectivity index (χ0n) is 17.6. The molecule has 1 aliphatic rings. The minimum Gasteiger partial charge on any atom is -0.342 e. The molecule has 0 bridgehead atoms. The third kappa shape index (κ3) is 4.28. The number of nitriles is 1. The molecule has 1 aliphatic carbocycles. The van der Waals surface area contributed by atoms with Gasteiger partial charge in [0.1, 0.15) is 0 Å². The van der Waals surface area contributed by atoms with Crippen molar-refractivity contribution in [2.45, 2.75) is 44.8 Å². The summed E-state index contributed by atoms with van der Waals surface area (Å²) in [5.74, 6) is -0.171. The highest BCUT2D eigenvalue weighted by Crippen LogP contribution is 2.46. The molecular weight excluding hydrogens is 433 g/mol. The number of benzene rings is 2. The molecule has 0 spiro atoms. The zero-order chi connectivity index (χ0) is 23.1. The summed E-state index contributed by atoms with van der Waals surface area (Å²) in [6.07, 6.45) is -2.34. The fraction of sp³-hybridized carbons (Fsp3) is 0.280. The quantitative estimate of drug-likeness (QED) is 0.494. The van der Waals surface area contributed by atoms with Crippen LogP contribution in [0.3, 0.4) is 0 Å². The molecule has 1 N–H and O–H groups in total. The monoisotopic (exact) mass is 454 g/mol. The standard InChI is InChI=1S/C25H21F3N2OS/c1-15-21(13-17-3-9-20(10-4-17)25(26,27)28)22(16(2)32-15)23(31)30-24(11-12-24)19-7-5-18(14-29)6-8-19/h3-10H,11-13H2,1-2H3,(H,30,31). The predicted octanol–water partition coefficient (Wildman–Crippen LogP) is 6.27. The molecule has 4 rings (SSSR count). The van der Waals surface area contributed by atoms with Crippen LogP contribution < -0.4 is 5.32 Å². The van der Waals surface area contributed by atoms with Crippen molar-refractivity contribution in [1.29, 1.82) is 5.26 Å². The van der Waals surface area contributed by atoms with Crippen molar-refractivity contribution in [2.75, 3.05) is 0 Å². The first-order chi connectivity index (χ1) is 15.1. The highest BCUT2D eigenvalue weighted by atomic mass is 32.1. The van der Waals surface area contributed by atoms with Crippen LogP contribution in [0.2, 0.25) is 0 Å². The van der Waals surface area contributed by atoms with Crippen molar-refractivity contribution in [3.63, 3.8) is 0 Å². The molecule has 0 radical (unpaired) electrons. The number of hydrogen-bond donors (Lipinski definition) is 1. The van der Waals surface area contributed by atoms with E-state index < -0.39 is 17.3 Å². The van der Waals surface area contributed by atoms with Crippen LogP contribution in [0.15, 0.2) is 48.5 Å². The molecule has 0 saturated heterocycles. The second-order valence-corrected chi connectivity index (χ2v) is 9.59. The van der Waals surface area contributed by atoms with E-state index in [0.29, 0.717) is 17.5 Å². The van der Waals surface area contributed by atoms with Gasteiger partial charge in [0.05, 0.1) is 28.3 Å². The average Bonchev–Trinajstić information content (AvgIpc) is 3.47. The lowest BCUT2D eigenvalue weighted by Gasteiger charge is -2.19. The first-order valence-electron chi connectivity index (χ1n) is 10.2. The van der Waals surface area contributed by atoms with Crippen molar-refractivity contribution in [2.24, 2.45) is 0 Å². The van der Waals surface area contributed by atoms with Gasteiger partial charge in [0, 0.05) is 9.75 Å². The Morgan fingerprint density at radius 1 is 1.06 bits per heavy atom. The van der Waals surface area contributed by atoms with Gasteiger partial charge in [-0.05, 0) is 74.1 Å². The van der Waals surface area contributed by atoms with Gasteiger partial charge in [0.15, 0.2) is 0 Å². The van der Waals surface area contributed by atoms with Gasteiger partial charge in [-0.1, -0.05) is 24.3 Å². The molecular formula is C25H21F3N2OS. The summed E-state index contributed by atoms with van der Waals surface area (Å²) >= 11 is 1.52. The molecule has 1 saturated carbocycles. The fourth-order valence-corrected chi connectivity index (χ4v) is 5.09. The van der Waals surface area contributed by atoms with E-state index in [9.17, 15) is 18.0 Å². The van der Waals surface area contributed by atoms with Crippen molar-refractivity contribution >= 4 is 17.2 Å². The van der Waals surface area contributed by atoms with Crippen molar-refractivity contribution < 1.29 is 18.0 Å². The summed E-state index contributed by atoms with van der Waals surface area (Å²) in [5, 5.41) is 12.2. The van der Waals surface area contributed by atoms with E-state index in [-0.39, 0.29) is 5.91 Å². The van der Waals surface area contributed by atoms with Gasteiger partial charge in [0.2, 0.25) is 0 Å². The molecule has 1 aromatic heterocycles. The molecule has 3 aromatic rings. The number of carbonyl (C=O) groups is 1. The number of alkyl halides is 3. The molecule has 1 amide bonds. The molecule has 0 atom stereocenters. The SMILES string of the molecule is Cc1sc(C)c(C(=O)NC2(c3ccc(C#N)cc3)CC2)c1Cc1ccc(C(F)(F)F)cc1. The summed E-state index contributed by atoms with van der Waals surface area (Å²) < 4.78 is 38.6. The van der Waals surface area contributed by atoms with Crippen LogP contribution in [0.1, 0.15) is 60.8 Å². The van der Waals surface area contributed by atoms with E-state index in [0.717, 1.165) is 51.4 Å². The Hall–Kier alpha value is -3.11. The van der Waals surface area contributed by atoms with E-state index in [1.807, 2.05) is 26.0 Å². The largest absolute Gasteiger partial charge is 0.416 e. The highest BCUT2D eigenvalue weighted by molar-refractivity contribution is 7.12. The number of halogens is 3. The van der Waals surface area contributed by atoms with E-state index in [4.69, 9.17) is 5.26 Å². The van der Waals surface area contributed by atoms with Gasteiger partial charge in [-0.3, -0.25) is 4.79 Å². The Kier molecular flexibility index (Phi) is 5.59. The molecule has 0 aliphatic heterocycles. The second-order valence-electron chi connectivity index (χ2n) is 8.16. The molecule has 7 heteroatoms. The Morgan fingerprint density at radius 2 is 1.69 bits per heavy atom. The second kappa shape index (κ2) is 8.10. The lowest BCUT2D eigenvalue weighted by atomic mass is 9.98. The maximum Gasteiger partial charge on any atom is 0.416 e. The highest BCUT2D eigenvalue weighted by Gasteiger charge is 2.46. The summed E-state index contributed by atoms with van der Waals surface area (Å²) in [7, 11) is 0. The average molecular weight is 455 g/mol. The molecule has 1 fully saturated rings. The fourth-order valence-electron chi connectivity index (χ4n) is 4.01. The van der Waals surface area contributed by atoms with Crippen molar-refractivity contribution in [1.82, 2.24) is 5.32 Å². The number of hydrogen-bond acceptors (Lipinski definition) is 3. The number of nitrogens with one attached hydrogen (secondary N) is 1. The minimum atomic E-state index is -4.37. The molecule has 1 heterocycles. The van der Waals surface area contributed by atoms with Gasteiger partial charge in [-0.2, -0.15) is 18.4 Å². The lowest BCUT2D eigenvalue weighted by molar-refractivity contribution is -0.137. The lowest BCUT2D eigenvalue weighted by Crippen LogP contribution is -2.35. The normalized spacial score (nSPS) is 14.6. The molecule has 3 nitrogen and oxygen atoms in total. The molecule has 2 aromatic carbocycles. The van der Waals surface area contributed by atoms with E-state index in [2.05, 4.69) is 11.4 Å². The first kappa shape index (κ1) is 22.1. The van der Waals surface area contributed by atoms with Gasteiger partial charge in [-0.15, -0.1) is 11.3 Å². The molecule has 32 heavy (non-hydrogen) atoms. The number of thiophene rings is 1. The van der Waals surface area contributed by atoms with Crippen LogP contribution in [0.5, 0.6) is 0 Å². The first-order valence-corrected chi connectivity index (χ1v) is 11.0. The van der Waals surface area contributed by atoms with Gasteiger partial charge < -0.3 is 5.32 Å². The Labute approximate surface area is 188 Å². The third-order valence-electron chi connectivity index (χ3n) is 5.94. The summed E-state index contributed by atoms with van der Waals surface area (Å²) in [5.41, 5.74) is 2.60. The number of carbonyl (C=O) groups excluding carboxylic acids is 1. The minimum absolute atomic E-state index is 0.171. The summed E-state index contributed by atoms with van der Waals surface area (Å²) in [6.45, 7) is 3.82. The van der Waals surface area contributed by atoms with Crippen LogP contribution in [0.4, 0.5) is 13.2 Å². The maximum atomic E-state index is 13.3. The summed E-state index contributed by atoms with van der Waals surface area (Å²) in [6, 6.07) is 14.4. The van der Waals surface area contributed by atoms with Gasteiger partial charge in [0.25, 0.3) is 5.91 Å². The predicted molar refractivity (Wildman–Crippen MR) is 118 cm³/mol. The summed E-state index contributed by atoms with van der Waals surface area (Å²) in [4.78, 5) is 15.2. The van der Waals surface area contributed by atoms with Crippen molar-refractivity contribution in [3.05, 3.63) is 91.7 Å².